The number of carbonyl (C=O) groups excluding carboxylic acids is 1. The number of nitrogens with zero attached hydrogens (tertiary/aromatic N) is 4. The molecule has 3 aromatic rings. The number of anilines is 1. The molecule has 0 amide bonds. The molecule has 1 fully saturated rings. The molecular weight excluding hydrogens is 533 g/mol. The first kappa shape index (κ1) is 27.4. The lowest BCUT2D eigenvalue weighted by atomic mass is 10.1. The van der Waals surface area contributed by atoms with E-state index in [0.717, 1.165) is 5.56 Å². The minimum Gasteiger partial charge on any atom is -0.464 e. The summed E-state index contributed by atoms with van der Waals surface area (Å²) >= 11 is 6.12. The Labute approximate surface area is 215 Å². The number of halogens is 1. The van der Waals surface area contributed by atoms with Gasteiger partial charge in [-0.05, 0) is 24.1 Å². The molecule has 1 aliphatic rings. The molecule has 5 N–H and O–H groups in total. The minimum atomic E-state index is -5.04. The largest absolute Gasteiger partial charge is 0.464 e. The van der Waals surface area contributed by atoms with Crippen LogP contribution < -0.4 is 5.32 Å². The number of aliphatic hydroxyl groups excluding tert-OH is 2. The topological polar surface area (TPSA) is 198 Å². The normalized spacial score (nSPS) is 22.8. The van der Waals surface area contributed by atoms with Gasteiger partial charge in [-0.25, -0.2) is 9.78 Å². The first-order chi connectivity index (χ1) is 17.6. The van der Waals surface area contributed by atoms with Crippen LogP contribution in [0.4, 0.5) is 5.82 Å². The van der Waals surface area contributed by atoms with Crippen LogP contribution in [0.25, 0.3) is 11.2 Å². The Hall–Kier alpha value is -2.68. The number of carbonyl (C=O) groups is 1. The highest BCUT2D eigenvalue weighted by atomic mass is 35.5. The molecule has 0 bridgehead atoms. The summed E-state index contributed by atoms with van der Waals surface area (Å²) in [4.78, 5) is 43.5. The first-order valence-electron chi connectivity index (χ1n) is 11.1. The van der Waals surface area contributed by atoms with Crippen LogP contribution in [-0.4, -0.2) is 82.9 Å². The van der Waals surface area contributed by atoms with Gasteiger partial charge in [0.25, 0.3) is 5.85 Å². The second-order valence-electron chi connectivity index (χ2n) is 8.08. The summed E-state index contributed by atoms with van der Waals surface area (Å²) < 4.78 is 28.4. The van der Waals surface area contributed by atoms with Crippen LogP contribution >= 0.6 is 19.2 Å². The van der Waals surface area contributed by atoms with Crippen molar-refractivity contribution in [3.8, 4) is 0 Å². The number of hydrogen-bond acceptors (Lipinski definition) is 11. The number of aromatic nitrogens is 4. The van der Waals surface area contributed by atoms with Crippen molar-refractivity contribution in [2.75, 3.05) is 18.5 Å². The number of imidazole rings is 1. The molecule has 2 aromatic heterocycles. The molecule has 1 aromatic carbocycles. The highest BCUT2D eigenvalue weighted by molar-refractivity contribution is 7.53. The number of rotatable bonds is 10. The fourth-order valence-electron chi connectivity index (χ4n) is 3.78. The van der Waals surface area contributed by atoms with E-state index in [0.29, 0.717) is 17.9 Å². The van der Waals surface area contributed by atoms with Gasteiger partial charge in [-0.2, -0.15) is 9.97 Å². The molecule has 16 heteroatoms. The Bertz CT molecular complexity index is 1290. The van der Waals surface area contributed by atoms with Gasteiger partial charge in [0.1, 0.15) is 18.3 Å². The summed E-state index contributed by atoms with van der Waals surface area (Å²) in [6.07, 6.45) is -4.18. The van der Waals surface area contributed by atoms with Crippen molar-refractivity contribution in [2.45, 2.75) is 43.9 Å². The number of fused-ring (bicyclic) bond motifs is 1. The quantitative estimate of drug-likeness (QED) is 0.133. The Morgan fingerprint density at radius 1 is 1.24 bits per heavy atom. The zero-order valence-electron chi connectivity index (χ0n) is 19.4. The van der Waals surface area contributed by atoms with Gasteiger partial charge in [-0.3, -0.25) is 9.13 Å². The summed E-state index contributed by atoms with van der Waals surface area (Å²) in [5, 5.41) is 24.2. The second kappa shape index (κ2) is 11.4. The molecule has 0 aliphatic carbocycles. The van der Waals surface area contributed by atoms with Crippen LogP contribution in [0.5, 0.6) is 0 Å². The monoisotopic (exact) mass is 557 g/mol. The van der Waals surface area contributed by atoms with Crippen LogP contribution in [-0.2, 0) is 30.1 Å². The fourth-order valence-corrected chi connectivity index (χ4v) is 4.57. The van der Waals surface area contributed by atoms with Crippen LogP contribution in [0.1, 0.15) is 18.7 Å². The molecule has 200 valence electrons. The number of benzene rings is 1. The van der Waals surface area contributed by atoms with E-state index in [2.05, 4.69) is 25.0 Å². The average molecular weight is 558 g/mol. The van der Waals surface area contributed by atoms with Crippen molar-refractivity contribution in [2.24, 2.45) is 0 Å². The van der Waals surface area contributed by atoms with E-state index in [9.17, 15) is 29.4 Å². The second-order valence-corrected chi connectivity index (χ2v) is 10.1. The lowest BCUT2D eigenvalue weighted by Gasteiger charge is -2.20. The maximum Gasteiger partial charge on any atom is 0.365 e. The van der Waals surface area contributed by atoms with E-state index >= 15 is 0 Å². The first-order valence-corrected chi connectivity index (χ1v) is 13.2. The SMILES string of the molecule is CCOC(=O)[C@@H](OC[C@H]1O[C@@H](n2cnc3c(NCc4ccccc4)nc(Cl)nc32)[C@H](O)[C@H]1O)P(=O)(O)O. The van der Waals surface area contributed by atoms with Crippen molar-refractivity contribution < 1.29 is 43.6 Å². The Balaban J connectivity index is 1.52. The van der Waals surface area contributed by atoms with Crippen molar-refractivity contribution in [3.63, 3.8) is 0 Å². The zero-order valence-corrected chi connectivity index (χ0v) is 21.1. The lowest BCUT2D eigenvalue weighted by molar-refractivity contribution is -0.155. The van der Waals surface area contributed by atoms with Crippen LogP contribution in [0.15, 0.2) is 36.7 Å². The summed E-state index contributed by atoms with van der Waals surface area (Å²) in [5.41, 5.74) is 1.52. The van der Waals surface area contributed by atoms with Crippen molar-refractivity contribution in [3.05, 3.63) is 47.5 Å². The van der Waals surface area contributed by atoms with E-state index in [4.69, 9.17) is 21.1 Å². The number of aliphatic hydroxyl groups is 2. The average Bonchev–Trinajstić information content (AvgIpc) is 3.38. The Kier molecular flexibility index (Phi) is 8.41. The Morgan fingerprint density at radius 3 is 2.65 bits per heavy atom. The maximum atomic E-state index is 11.9. The van der Waals surface area contributed by atoms with Crippen molar-refractivity contribution in [1.82, 2.24) is 19.5 Å². The number of hydrogen-bond donors (Lipinski definition) is 5. The van der Waals surface area contributed by atoms with Crippen molar-refractivity contribution in [1.29, 1.82) is 0 Å². The predicted molar refractivity (Wildman–Crippen MR) is 128 cm³/mol. The van der Waals surface area contributed by atoms with Crippen LogP contribution in [0.3, 0.4) is 0 Å². The number of esters is 1. The molecule has 0 unspecified atom stereocenters. The van der Waals surface area contributed by atoms with Gasteiger partial charge in [0.2, 0.25) is 5.28 Å². The maximum absolute atomic E-state index is 11.9. The van der Waals surface area contributed by atoms with Gasteiger partial charge >= 0.3 is 13.6 Å². The third-order valence-corrected chi connectivity index (χ3v) is 6.66. The third kappa shape index (κ3) is 6.08. The van der Waals surface area contributed by atoms with E-state index in [1.165, 1.54) is 17.8 Å². The van der Waals surface area contributed by atoms with E-state index in [1.807, 2.05) is 30.3 Å². The lowest BCUT2D eigenvalue weighted by Crippen LogP contribution is -2.36. The molecule has 0 radical (unpaired) electrons. The standard InChI is InChI=1S/C21H25ClN5O9P/c1-2-34-19(30)20(37(31,32)33)35-9-12-14(28)15(29)18(36-12)27-10-24-13-16(25-21(22)26-17(13)27)23-8-11-6-4-3-5-7-11/h3-7,10,12,14-15,18,20,28-29H,2,8-9H2,1H3,(H,23,25,26)(H2,31,32,33)/t12-,14+,15-,18-,20+/m1/s1. The van der Waals surface area contributed by atoms with E-state index < -0.39 is 50.6 Å². The van der Waals surface area contributed by atoms with Crippen molar-refractivity contribution >= 4 is 42.1 Å². The number of nitrogens with one attached hydrogen (secondary N) is 1. The zero-order chi connectivity index (χ0) is 26.7. The molecule has 5 atom stereocenters. The summed E-state index contributed by atoms with van der Waals surface area (Å²) in [7, 11) is -5.04. The summed E-state index contributed by atoms with van der Waals surface area (Å²) in [6.45, 7) is 1.14. The smallest absolute Gasteiger partial charge is 0.365 e. The van der Waals surface area contributed by atoms with Crippen LogP contribution in [0, 0.1) is 0 Å². The molecular formula is C21H25ClN5O9P. The molecule has 14 nitrogen and oxygen atoms in total. The Morgan fingerprint density at radius 2 is 1.97 bits per heavy atom. The summed E-state index contributed by atoms with van der Waals surface area (Å²) in [5.74, 6) is -3.13. The minimum absolute atomic E-state index is 0.100. The summed E-state index contributed by atoms with van der Waals surface area (Å²) in [6, 6.07) is 9.54. The number of ether oxygens (including phenoxy) is 3. The van der Waals surface area contributed by atoms with Gasteiger partial charge in [-0.15, -0.1) is 0 Å². The molecule has 0 spiro atoms. The van der Waals surface area contributed by atoms with Gasteiger partial charge in [-0.1, -0.05) is 30.3 Å². The molecule has 0 saturated carbocycles. The fraction of sp³-hybridized carbons (Fsp3) is 0.429. The van der Waals surface area contributed by atoms with Gasteiger partial charge in [0, 0.05) is 6.54 Å². The third-order valence-electron chi connectivity index (χ3n) is 5.52. The highest BCUT2D eigenvalue weighted by Crippen LogP contribution is 2.43. The van der Waals surface area contributed by atoms with Gasteiger partial charge < -0.3 is 39.5 Å². The van der Waals surface area contributed by atoms with Gasteiger partial charge in [0.05, 0.1) is 19.5 Å². The van der Waals surface area contributed by atoms with Crippen LogP contribution in [0.2, 0.25) is 5.28 Å². The predicted octanol–water partition coefficient (Wildman–Crippen LogP) is 0.794. The molecule has 37 heavy (non-hydrogen) atoms. The molecule has 1 aliphatic heterocycles. The molecule has 3 heterocycles. The molecule has 1 saturated heterocycles. The van der Waals surface area contributed by atoms with E-state index in [1.54, 1.807) is 0 Å². The van der Waals surface area contributed by atoms with Gasteiger partial charge in [0.15, 0.2) is 23.2 Å². The molecule has 4 rings (SSSR count). The highest BCUT2D eigenvalue weighted by Gasteiger charge is 2.46. The van der Waals surface area contributed by atoms with E-state index in [-0.39, 0.29) is 17.5 Å².